The molecule has 3 aromatic heterocycles. The summed E-state index contributed by atoms with van der Waals surface area (Å²) in [6.07, 6.45) is 9.05. The van der Waals surface area contributed by atoms with Crippen molar-refractivity contribution in [2.75, 3.05) is 12.4 Å². The van der Waals surface area contributed by atoms with Gasteiger partial charge in [-0.15, -0.1) is 0 Å². The maximum atomic E-state index is 4.37. The van der Waals surface area contributed by atoms with Crippen LogP contribution >= 0.6 is 0 Å². The van der Waals surface area contributed by atoms with Crippen LogP contribution in [0.1, 0.15) is 16.8 Å². The summed E-state index contributed by atoms with van der Waals surface area (Å²) >= 11 is 0. The number of hydrogen-bond acceptors (Lipinski definition) is 5. The third-order valence-corrected chi connectivity index (χ3v) is 3.12. The van der Waals surface area contributed by atoms with E-state index in [1.54, 1.807) is 25.6 Å². The first-order valence-electron chi connectivity index (χ1n) is 6.19. The highest BCUT2D eigenvalue weighted by atomic mass is 15.1. The van der Waals surface area contributed by atoms with Gasteiger partial charge in [0.05, 0.1) is 5.69 Å². The summed E-state index contributed by atoms with van der Waals surface area (Å²) in [7, 11) is 1.79. The van der Waals surface area contributed by atoms with Crippen molar-refractivity contribution in [1.29, 1.82) is 0 Å². The summed E-state index contributed by atoms with van der Waals surface area (Å²) in [6, 6.07) is 0. The van der Waals surface area contributed by atoms with Gasteiger partial charge in [0.1, 0.15) is 0 Å². The van der Waals surface area contributed by atoms with Crippen LogP contribution < -0.4 is 5.32 Å². The van der Waals surface area contributed by atoms with E-state index in [4.69, 9.17) is 0 Å². The molecule has 0 saturated carbocycles. The minimum Gasteiger partial charge on any atom is -0.357 e. The predicted molar refractivity (Wildman–Crippen MR) is 77.4 cm³/mol. The minimum absolute atomic E-state index is 0.599. The fraction of sp³-hybridized carbons (Fsp3) is 0.143. The minimum atomic E-state index is 0.599. The van der Waals surface area contributed by atoms with Crippen molar-refractivity contribution in [1.82, 2.24) is 24.3 Å². The number of nitrogens with zero attached hydrogens (tertiary/aromatic N) is 5. The average molecular weight is 266 g/mol. The Morgan fingerprint density at radius 2 is 2.10 bits per heavy atom. The molecule has 0 saturated heterocycles. The molecule has 0 aliphatic heterocycles. The SMILES string of the molecule is C=C(c1cnc2nccn2c1)c1cnc(NC)nc1C. The molecule has 100 valence electrons. The van der Waals surface area contributed by atoms with Gasteiger partial charge in [0.2, 0.25) is 11.7 Å². The topological polar surface area (TPSA) is 68.0 Å². The zero-order valence-electron chi connectivity index (χ0n) is 11.3. The molecule has 0 bridgehead atoms. The van der Waals surface area contributed by atoms with E-state index in [1.165, 1.54) is 0 Å². The van der Waals surface area contributed by atoms with E-state index in [0.29, 0.717) is 11.7 Å². The second-order valence-corrected chi connectivity index (χ2v) is 4.40. The van der Waals surface area contributed by atoms with Crippen LogP contribution in [0.4, 0.5) is 5.95 Å². The molecule has 3 aromatic rings. The first-order valence-corrected chi connectivity index (χ1v) is 6.19. The fourth-order valence-corrected chi connectivity index (χ4v) is 2.01. The molecular weight excluding hydrogens is 252 g/mol. The van der Waals surface area contributed by atoms with Gasteiger partial charge in [-0.25, -0.2) is 19.9 Å². The first kappa shape index (κ1) is 12.3. The molecule has 0 amide bonds. The Hall–Kier alpha value is -2.76. The van der Waals surface area contributed by atoms with E-state index < -0.39 is 0 Å². The molecule has 0 unspecified atom stereocenters. The number of hydrogen-bond donors (Lipinski definition) is 1. The van der Waals surface area contributed by atoms with Gasteiger partial charge >= 0.3 is 0 Å². The Bertz CT molecular complexity index is 789. The zero-order chi connectivity index (χ0) is 14.1. The lowest BCUT2D eigenvalue weighted by Gasteiger charge is -2.09. The fourth-order valence-electron chi connectivity index (χ4n) is 2.01. The first-order chi connectivity index (χ1) is 9.69. The quantitative estimate of drug-likeness (QED) is 0.784. The molecule has 1 N–H and O–H groups in total. The van der Waals surface area contributed by atoms with Crippen LogP contribution in [0.3, 0.4) is 0 Å². The normalized spacial score (nSPS) is 10.7. The molecule has 3 rings (SSSR count). The lowest BCUT2D eigenvalue weighted by atomic mass is 10.0. The smallest absolute Gasteiger partial charge is 0.233 e. The summed E-state index contributed by atoms with van der Waals surface area (Å²) in [5.41, 5.74) is 3.54. The Morgan fingerprint density at radius 3 is 2.85 bits per heavy atom. The number of aromatic nitrogens is 5. The molecule has 3 heterocycles. The number of anilines is 1. The van der Waals surface area contributed by atoms with Crippen molar-refractivity contribution in [3.8, 4) is 0 Å². The molecular formula is C14H14N6. The summed E-state index contributed by atoms with van der Waals surface area (Å²) in [6.45, 7) is 6.07. The average Bonchev–Trinajstić information content (AvgIpc) is 2.93. The van der Waals surface area contributed by atoms with Gasteiger partial charge in [0.15, 0.2) is 0 Å². The van der Waals surface area contributed by atoms with Gasteiger partial charge < -0.3 is 5.32 Å². The third kappa shape index (κ3) is 2.01. The lowest BCUT2D eigenvalue weighted by Crippen LogP contribution is -2.02. The number of fused-ring (bicyclic) bond motifs is 1. The zero-order valence-corrected chi connectivity index (χ0v) is 11.3. The second kappa shape index (κ2) is 4.73. The van der Waals surface area contributed by atoms with Crippen molar-refractivity contribution in [3.63, 3.8) is 0 Å². The second-order valence-electron chi connectivity index (χ2n) is 4.40. The number of nitrogens with one attached hydrogen (secondary N) is 1. The van der Waals surface area contributed by atoms with Gasteiger partial charge in [-0.3, -0.25) is 4.40 Å². The third-order valence-electron chi connectivity index (χ3n) is 3.12. The molecule has 6 heteroatoms. The Kier molecular flexibility index (Phi) is 2.90. The highest BCUT2D eigenvalue weighted by Crippen LogP contribution is 2.23. The molecule has 0 aliphatic rings. The largest absolute Gasteiger partial charge is 0.357 e. The molecule has 0 atom stereocenters. The Balaban J connectivity index is 2.03. The summed E-state index contributed by atoms with van der Waals surface area (Å²) in [5.74, 6) is 1.27. The van der Waals surface area contributed by atoms with E-state index in [0.717, 1.165) is 22.4 Å². The maximum absolute atomic E-state index is 4.37. The van der Waals surface area contributed by atoms with Gasteiger partial charge in [-0.1, -0.05) is 6.58 Å². The molecule has 0 aromatic carbocycles. The summed E-state index contributed by atoms with van der Waals surface area (Å²) in [5, 5.41) is 2.92. The van der Waals surface area contributed by atoms with Gasteiger partial charge in [0, 0.05) is 49.2 Å². The molecule has 0 spiro atoms. The van der Waals surface area contributed by atoms with E-state index in [-0.39, 0.29) is 0 Å². The Morgan fingerprint density at radius 1 is 1.25 bits per heavy atom. The lowest BCUT2D eigenvalue weighted by molar-refractivity contribution is 1.07. The van der Waals surface area contributed by atoms with Gasteiger partial charge in [-0.2, -0.15) is 0 Å². The summed E-state index contributed by atoms with van der Waals surface area (Å²) < 4.78 is 1.86. The number of rotatable bonds is 3. The van der Waals surface area contributed by atoms with Crippen LogP contribution in [-0.2, 0) is 0 Å². The van der Waals surface area contributed by atoms with Crippen molar-refractivity contribution in [2.45, 2.75) is 6.92 Å². The molecule has 6 nitrogen and oxygen atoms in total. The van der Waals surface area contributed by atoms with Crippen molar-refractivity contribution in [3.05, 3.63) is 54.4 Å². The van der Waals surface area contributed by atoms with E-state index in [1.807, 2.05) is 23.7 Å². The van der Waals surface area contributed by atoms with Crippen LogP contribution in [0.15, 0.2) is 37.6 Å². The Labute approximate surface area is 116 Å². The monoisotopic (exact) mass is 266 g/mol. The molecule has 0 fully saturated rings. The highest BCUT2D eigenvalue weighted by molar-refractivity contribution is 5.78. The van der Waals surface area contributed by atoms with E-state index >= 15 is 0 Å². The van der Waals surface area contributed by atoms with Crippen molar-refractivity contribution in [2.24, 2.45) is 0 Å². The van der Waals surface area contributed by atoms with Crippen molar-refractivity contribution >= 4 is 17.3 Å². The van der Waals surface area contributed by atoms with Crippen molar-refractivity contribution < 1.29 is 0 Å². The summed E-state index contributed by atoms with van der Waals surface area (Å²) in [4.78, 5) is 17.0. The van der Waals surface area contributed by atoms with Gasteiger partial charge in [0.25, 0.3) is 0 Å². The number of aryl methyl sites for hydroxylation is 1. The van der Waals surface area contributed by atoms with E-state index in [2.05, 4.69) is 31.8 Å². The molecule has 20 heavy (non-hydrogen) atoms. The number of imidazole rings is 1. The molecule has 0 radical (unpaired) electrons. The highest BCUT2D eigenvalue weighted by Gasteiger charge is 2.09. The predicted octanol–water partition coefficient (Wildman–Crippen LogP) is 1.93. The van der Waals surface area contributed by atoms with Crippen LogP contribution in [0.2, 0.25) is 0 Å². The van der Waals surface area contributed by atoms with Crippen LogP contribution in [-0.4, -0.2) is 31.4 Å². The van der Waals surface area contributed by atoms with Crippen LogP contribution in [0, 0.1) is 6.92 Å². The van der Waals surface area contributed by atoms with Crippen LogP contribution in [0.5, 0.6) is 0 Å². The van der Waals surface area contributed by atoms with Gasteiger partial charge in [-0.05, 0) is 12.5 Å². The molecule has 0 aliphatic carbocycles. The maximum Gasteiger partial charge on any atom is 0.233 e. The van der Waals surface area contributed by atoms with Crippen LogP contribution in [0.25, 0.3) is 11.4 Å². The standard InChI is InChI=1S/C14H14N6/c1-9(12-7-17-13(15-3)19-10(12)2)11-6-18-14-16-4-5-20(14)8-11/h4-8H,1H2,2-3H3,(H,15,17,19). The van der Waals surface area contributed by atoms with E-state index in [9.17, 15) is 0 Å².